The Morgan fingerprint density at radius 2 is 2.17 bits per heavy atom. The minimum Gasteiger partial charge on any atom is -0.392 e. The summed E-state index contributed by atoms with van der Waals surface area (Å²) in [5.41, 5.74) is 3.32. The second kappa shape index (κ2) is 9.15. The summed E-state index contributed by atoms with van der Waals surface area (Å²) < 4.78 is 0. The maximum atomic E-state index is 12.5. The fraction of sp³-hybridized carbons (Fsp3) is 0.550. The van der Waals surface area contributed by atoms with Crippen LogP contribution in [-0.2, 0) is 17.8 Å². The number of aliphatic hydroxyl groups is 1. The van der Waals surface area contributed by atoms with E-state index >= 15 is 0 Å². The summed E-state index contributed by atoms with van der Waals surface area (Å²) in [4.78, 5) is 41.7. The van der Waals surface area contributed by atoms with Crippen molar-refractivity contribution in [3.63, 3.8) is 0 Å². The lowest BCUT2D eigenvalue weighted by molar-refractivity contribution is -0.132. The first kappa shape index (κ1) is 20.8. The van der Waals surface area contributed by atoms with Crippen molar-refractivity contribution in [2.45, 2.75) is 44.9 Å². The number of aromatic nitrogens is 3. The van der Waals surface area contributed by atoms with Crippen LogP contribution in [0, 0.1) is 0 Å². The molecule has 1 saturated heterocycles. The van der Waals surface area contributed by atoms with Crippen molar-refractivity contribution in [2.24, 2.45) is 0 Å². The van der Waals surface area contributed by atoms with Crippen LogP contribution in [0.3, 0.4) is 0 Å². The normalized spacial score (nSPS) is 17.9. The molecule has 2 aromatic heterocycles. The standard InChI is InChI=1S/C20H26N6O3S/c1-13(27)26-7-14(8-26)24-20-6-16(21-11-22-20)18(29)3-2-15(28)9-25-5-4-19-17(10-25)23-12-30-19/h6,11-12,14-15,28H,2-5,7-10H2,1H3,(H,21,22,24)/t15-/m0/s1. The number of likely N-dealkylation sites (tertiary alicyclic amines) is 1. The third kappa shape index (κ3) is 5.00. The fourth-order valence-corrected chi connectivity index (χ4v) is 4.54. The summed E-state index contributed by atoms with van der Waals surface area (Å²) in [5, 5.41) is 13.6. The number of aliphatic hydroxyl groups excluding tert-OH is 1. The van der Waals surface area contributed by atoms with Crippen LogP contribution in [0.15, 0.2) is 17.9 Å². The Morgan fingerprint density at radius 1 is 1.33 bits per heavy atom. The third-order valence-electron chi connectivity index (χ3n) is 5.56. The van der Waals surface area contributed by atoms with E-state index in [4.69, 9.17) is 0 Å². The average molecular weight is 431 g/mol. The second-order valence-electron chi connectivity index (χ2n) is 7.88. The molecule has 4 rings (SSSR count). The number of rotatable bonds is 8. The van der Waals surface area contributed by atoms with E-state index in [1.807, 2.05) is 5.51 Å². The summed E-state index contributed by atoms with van der Waals surface area (Å²) in [6.45, 7) is 5.01. The van der Waals surface area contributed by atoms with E-state index in [1.165, 1.54) is 11.2 Å². The first-order valence-corrected chi connectivity index (χ1v) is 11.0. The van der Waals surface area contributed by atoms with Gasteiger partial charge in [-0.05, 0) is 12.8 Å². The number of hydrogen-bond donors (Lipinski definition) is 2. The highest BCUT2D eigenvalue weighted by Crippen LogP contribution is 2.22. The van der Waals surface area contributed by atoms with Crippen LogP contribution in [0.1, 0.15) is 40.8 Å². The molecule has 0 bridgehead atoms. The highest BCUT2D eigenvalue weighted by Gasteiger charge is 2.28. The number of carbonyl (C=O) groups is 2. The second-order valence-corrected chi connectivity index (χ2v) is 8.82. The lowest BCUT2D eigenvalue weighted by Crippen LogP contribution is -2.56. The van der Waals surface area contributed by atoms with Crippen LogP contribution in [0.25, 0.3) is 0 Å². The van der Waals surface area contributed by atoms with Gasteiger partial charge in [0.2, 0.25) is 5.91 Å². The van der Waals surface area contributed by atoms with E-state index in [0.717, 1.165) is 25.2 Å². The van der Waals surface area contributed by atoms with Crippen LogP contribution in [-0.4, -0.2) is 79.9 Å². The summed E-state index contributed by atoms with van der Waals surface area (Å²) >= 11 is 1.69. The minimum atomic E-state index is -0.568. The molecule has 160 valence electrons. The number of Topliss-reactive ketones (excluding diaryl/α,β-unsaturated/α-hetero) is 1. The van der Waals surface area contributed by atoms with Crippen LogP contribution in [0.4, 0.5) is 5.82 Å². The van der Waals surface area contributed by atoms with Gasteiger partial charge in [-0.3, -0.25) is 14.5 Å². The number of fused-ring (bicyclic) bond motifs is 1. The Morgan fingerprint density at radius 3 is 2.97 bits per heavy atom. The number of nitrogens with zero attached hydrogens (tertiary/aromatic N) is 5. The molecule has 2 N–H and O–H groups in total. The smallest absolute Gasteiger partial charge is 0.219 e. The zero-order valence-electron chi connectivity index (χ0n) is 17.0. The van der Waals surface area contributed by atoms with Gasteiger partial charge in [-0.2, -0.15) is 0 Å². The number of anilines is 1. The molecule has 0 aromatic carbocycles. The van der Waals surface area contributed by atoms with Gasteiger partial charge in [-0.25, -0.2) is 15.0 Å². The highest BCUT2D eigenvalue weighted by molar-refractivity contribution is 7.09. The summed E-state index contributed by atoms with van der Waals surface area (Å²) in [7, 11) is 0. The molecular formula is C20H26N6O3S. The molecule has 2 aliphatic rings. The predicted octanol–water partition coefficient (Wildman–Crippen LogP) is 0.958. The first-order chi connectivity index (χ1) is 14.5. The lowest BCUT2D eigenvalue weighted by atomic mass is 10.1. The van der Waals surface area contributed by atoms with Crippen LogP contribution >= 0.6 is 11.3 Å². The number of ketones is 1. The molecular weight excluding hydrogens is 404 g/mol. The van der Waals surface area contributed by atoms with E-state index in [1.54, 1.807) is 29.2 Å². The highest BCUT2D eigenvalue weighted by atomic mass is 32.1. The van der Waals surface area contributed by atoms with Gasteiger partial charge in [-0.1, -0.05) is 0 Å². The van der Waals surface area contributed by atoms with Crippen molar-refractivity contribution < 1.29 is 14.7 Å². The molecule has 0 saturated carbocycles. The van der Waals surface area contributed by atoms with Crippen molar-refractivity contribution in [1.29, 1.82) is 0 Å². The van der Waals surface area contributed by atoms with Crippen LogP contribution < -0.4 is 5.32 Å². The van der Waals surface area contributed by atoms with Gasteiger partial charge in [0.1, 0.15) is 17.8 Å². The number of β-amino-alcohol motifs (C(OH)–C–C–N with tert-alkyl or cyclic N) is 1. The Kier molecular flexibility index (Phi) is 6.35. The van der Waals surface area contributed by atoms with E-state index < -0.39 is 6.10 Å². The van der Waals surface area contributed by atoms with Crippen LogP contribution in [0.2, 0.25) is 0 Å². The fourth-order valence-electron chi connectivity index (χ4n) is 3.77. The maximum absolute atomic E-state index is 12.5. The molecule has 2 aromatic rings. The maximum Gasteiger partial charge on any atom is 0.219 e. The molecule has 0 unspecified atom stereocenters. The van der Waals surface area contributed by atoms with Gasteiger partial charge in [0.25, 0.3) is 0 Å². The van der Waals surface area contributed by atoms with Gasteiger partial charge >= 0.3 is 0 Å². The van der Waals surface area contributed by atoms with Gasteiger partial charge in [-0.15, -0.1) is 11.3 Å². The van der Waals surface area contributed by atoms with Gasteiger partial charge in [0, 0.05) is 57.0 Å². The Hall–Kier alpha value is -2.43. The predicted molar refractivity (Wildman–Crippen MR) is 112 cm³/mol. The SMILES string of the molecule is CC(=O)N1CC(Nc2cc(C(=O)CC[C@H](O)CN3CCc4scnc4C3)ncn2)C1. The molecule has 30 heavy (non-hydrogen) atoms. The molecule has 1 amide bonds. The van der Waals surface area contributed by atoms with Crippen molar-refractivity contribution in [1.82, 2.24) is 24.8 Å². The van der Waals surface area contributed by atoms with E-state index in [0.29, 0.717) is 37.6 Å². The van der Waals surface area contributed by atoms with Crippen LogP contribution in [0.5, 0.6) is 0 Å². The first-order valence-electron chi connectivity index (χ1n) is 10.2. The molecule has 2 aliphatic heterocycles. The number of thiazole rings is 1. The molecule has 0 aliphatic carbocycles. The van der Waals surface area contributed by atoms with Gasteiger partial charge < -0.3 is 15.3 Å². The quantitative estimate of drug-likeness (QED) is 0.596. The van der Waals surface area contributed by atoms with Crippen molar-refractivity contribution >= 4 is 28.8 Å². The van der Waals surface area contributed by atoms with Crippen molar-refractivity contribution in [2.75, 3.05) is 31.5 Å². The Bertz CT molecular complexity index is 913. The number of amides is 1. The average Bonchev–Trinajstić information content (AvgIpc) is 3.16. The monoisotopic (exact) mass is 430 g/mol. The van der Waals surface area contributed by atoms with E-state index in [2.05, 4.69) is 25.2 Å². The largest absolute Gasteiger partial charge is 0.392 e. The summed E-state index contributed by atoms with van der Waals surface area (Å²) in [6, 6.07) is 1.77. The van der Waals surface area contributed by atoms with Gasteiger partial charge in [0.15, 0.2) is 5.78 Å². The van der Waals surface area contributed by atoms with E-state index in [-0.39, 0.29) is 24.2 Å². The minimum absolute atomic E-state index is 0.0572. The summed E-state index contributed by atoms with van der Waals surface area (Å²) in [5.74, 6) is 0.523. The van der Waals surface area contributed by atoms with Gasteiger partial charge in [0.05, 0.1) is 23.4 Å². The lowest BCUT2D eigenvalue weighted by Gasteiger charge is -2.39. The van der Waals surface area contributed by atoms with Crippen molar-refractivity contribution in [3.8, 4) is 0 Å². The molecule has 0 radical (unpaired) electrons. The Labute approximate surface area is 179 Å². The number of nitrogens with one attached hydrogen (secondary N) is 1. The zero-order valence-corrected chi connectivity index (χ0v) is 17.8. The molecule has 1 atom stereocenters. The number of hydrogen-bond acceptors (Lipinski definition) is 9. The number of carbonyl (C=O) groups excluding carboxylic acids is 2. The topological polar surface area (TPSA) is 112 Å². The molecule has 0 spiro atoms. The zero-order chi connectivity index (χ0) is 21.1. The van der Waals surface area contributed by atoms with E-state index in [9.17, 15) is 14.7 Å². The summed E-state index contributed by atoms with van der Waals surface area (Å²) in [6.07, 6.45) is 2.39. The molecule has 10 heteroatoms. The Balaban J connectivity index is 1.22. The molecule has 9 nitrogen and oxygen atoms in total. The molecule has 4 heterocycles. The van der Waals surface area contributed by atoms with Crippen molar-refractivity contribution in [3.05, 3.63) is 34.2 Å². The molecule has 1 fully saturated rings. The third-order valence-corrected chi connectivity index (χ3v) is 6.49.